The average molecular weight is 296 g/mol. The number of rotatable bonds is 6. The van der Waals surface area contributed by atoms with Crippen LogP contribution >= 0.6 is 11.3 Å². The first-order valence-electron chi connectivity index (χ1n) is 7.82. The Bertz CT molecular complexity index is 420. The summed E-state index contributed by atoms with van der Waals surface area (Å²) >= 11 is 1.74. The van der Waals surface area contributed by atoms with Gasteiger partial charge in [0.25, 0.3) is 0 Å². The zero-order chi connectivity index (χ0) is 14.7. The van der Waals surface area contributed by atoms with E-state index in [0.29, 0.717) is 30.1 Å². The molecule has 0 bridgehead atoms. The molecule has 0 radical (unpaired) electrons. The van der Waals surface area contributed by atoms with Crippen LogP contribution in [-0.2, 0) is 11.2 Å². The van der Waals surface area contributed by atoms with Crippen LogP contribution in [0.15, 0.2) is 5.38 Å². The van der Waals surface area contributed by atoms with Crippen molar-refractivity contribution in [2.24, 2.45) is 11.8 Å². The molecule has 0 aromatic carbocycles. The standard InChI is InChI=1S/C16H28N2OS/c1-6-7-17-15(8-14-9-20-13(5)18-14)16-10(2)11(3)19-12(16)4/h9-12,15-17H,6-8H2,1-5H3. The Morgan fingerprint density at radius 2 is 2.10 bits per heavy atom. The number of aromatic nitrogens is 1. The highest BCUT2D eigenvalue weighted by molar-refractivity contribution is 7.09. The molecule has 5 unspecified atom stereocenters. The van der Waals surface area contributed by atoms with E-state index in [1.807, 2.05) is 0 Å². The average Bonchev–Trinajstić information content (AvgIpc) is 2.90. The third-order valence-corrected chi connectivity index (χ3v) is 5.36. The molecule has 2 heterocycles. The Kier molecular flexibility index (Phi) is 5.58. The molecule has 1 aliphatic rings. The van der Waals surface area contributed by atoms with Crippen molar-refractivity contribution >= 4 is 11.3 Å². The van der Waals surface area contributed by atoms with Crippen molar-refractivity contribution in [2.75, 3.05) is 6.54 Å². The highest BCUT2D eigenvalue weighted by atomic mass is 32.1. The normalized spacial score (nSPS) is 31.6. The van der Waals surface area contributed by atoms with E-state index in [1.54, 1.807) is 11.3 Å². The van der Waals surface area contributed by atoms with Gasteiger partial charge < -0.3 is 10.1 Å². The minimum atomic E-state index is 0.328. The number of hydrogen-bond acceptors (Lipinski definition) is 4. The van der Waals surface area contributed by atoms with Crippen molar-refractivity contribution in [1.82, 2.24) is 10.3 Å². The highest BCUT2D eigenvalue weighted by Crippen LogP contribution is 2.35. The lowest BCUT2D eigenvalue weighted by molar-refractivity contribution is 0.0475. The lowest BCUT2D eigenvalue weighted by Crippen LogP contribution is -2.43. The first kappa shape index (κ1) is 15.9. The van der Waals surface area contributed by atoms with Crippen molar-refractivity contribution in [2.45, 2.75) is 65.7 Å². The maximum Gasteiger partial charge on any atom is 0.0897 e. The Balaban J connectivity index is 2.10. The predicted molar refractivity (Wildman–Crippen MR) is 85.3 cm³/mol. The zero-order valence-electron chi connectivity index (χ0n) is 13.3. The van der Waals surface area contributed by atoms with Gasteiger partial charge in [0.15, 0.2) is 0 Å². The van der Waals surface area contributed by atoms with Crippen LogP contribution in [0.5, 0.6) is 0 Å². The first-order valence-corrected chi connectivity index (χ1v) is 8.70. The van der Waals surface area contributed by atoms with E-state index >= 15 is 0 Å². The van der Waals surface area contributed by atoms with Gasteiger partial charge in [0.1, 0.15) is 0 Å². The van der Waals surface area contributed by atoms with E-state index in [4.69, 9.17) is 4.74 Å². The fraction of sp³-hybridized carbons (Fsp3) is 0.812. The molecule has 0 saturated carbocycles. The van der Waals surface area contributed by atoms with Crippen LogP contribution in [0, 0.1) is 18.8 Å². The molecule has 1 aromatic heterocycles. The fourth-order valence-electron chi connectivity index (χ4n) is 3.39. The molecule has 1 N–H and O–H groups in total. The van der Waals surface area contributed by atoms with Gasteiger partial charge in [-0.1, -0.05) is 13.8 Å². The summed E-state index contributed by atoms with van der Waals surface area (Å²) in [6.45, 7) is 12.1. The first-order chi connectivity index (χ1) is 9.52. The van der Waals surface area contributed by atoms with Gasteiger partial charge in [-0.15, -0.1) is 11.3 Å². The third-order valence-electron chi connectivity index (χ3n) is 4.54. The van der Waals surface area contributed by atoms with Gasteiger partial charge in [-0.3, -0.25) is 0 Å². The molecule has 0 aliphatic carbocycles. The van der Waals surface area contributed by atoms with Crippen LogP contribution in [0.3, 0.4) is 0 Å². The molecule has 3 nitrogen and oxygen atoms in total. The number of hydrogen-bond donors (Lipinski definition) is 1. The maximum absolute atomic E-state index is 6.03. The predicted octanol–water partition coefficient (Wildman–Crippen LogP) is 3.42. The molecule has 1 saturated heterocycles. The van der Waals surface area contributed by atoms with E-state index in [9.17, 15) is 0 Å². The molecule has 0 spiro atoms. The molecule has 1 fully saturated rings. The summed E-state index contributed by atoms with van der Waals surface area (Å²) in [7, 11) is 0. The summed E-state index contributed by atoms with van der Waals surface area (Å²) in [6.07, 6.45) is 2.87. The Morgan fingerprint density at radius 1 is 1.35 bits per heavy atom. The minimum absolute atomic E-state index is 0.328. The topological polar surface area (TPSA) is 34.2 Å². The molecular weight excluding hydrogens is 268 g/mol. The lowest BCUT2D eigenvalue weighted by atomic mass is 9.81. The summed E-state index contributed by atoms with van der Waals surface area (Å²) in [6, 6.07) is 0.464. The smallest absolute Gasteiger partial charge is 0.0897 e. The Labute approximate surface area is 127 Å². The van der Waals surface area contributed by atoms with E-state index in [2.05, 4.69) is 50.3 Å². The summed E-state index contributed by atoms with van der Waals surface area (Å²) in [5.41, 5.74) is 1.22. The Morgan fingerprint density at radius 3 is 2.60 bits per heavy atom. The van der Waals surface area contributed by atoms with E-state index in [-0.39, 0.29) is 0 Å². The largest absolute Gasteiger partial charge is 0.375 e. The second-order valence-corrected chi connectivity index (χ2v) is 7.17. The fourth-order valence-corrected chi connectivity index (χ4v) is 4.01. The molecule has 0 amide bonds. The summed E-state index contributed by atoms with van der Waals surface area (Å²) < 4.78 is 6.03. The van der Waals surface area contributed by atoms with Crippen LogP contribution in [0.1, 0.15) is 44.8 Å². The van der Waals surface area contributed by atoms with E-state index < -0.39 is 0 Å². The molecule has 1 aliphatic heterocycles. The van der Waals surface area contributed by atoms with Gasteiger partial charge in [-0.2, -0.15) is 0 Å². The van der Waals surface area contributed by atoms with Gasteiger partial charge >= 0.3 is 0 Å². The van der Waals surface area contributed by atoms with Crippen molar-refractivity contribution < 1.29 is 4.74 Å². The van der Waals surface area contributed by atoms with Crippen LogP contribution in [0.2, 0.25) is 0 Å². The van der Waals surface area contributed by atoms with Crippen LogP contribution < -0.4 is 5.32 Å². The molecule has 114 valence electrons. The van der Waals surface area contributed by atoms with Crippen molar-refractivity contribution in [3.05, 3.63) is 16.1 Å². The summed E-state index contributed by atoms with van der Waals surface area (Å²) in [5, 5.41) is 7.09. The van der Waals surface area contributed by atoms with Gasteiger partial charge in [0.05, 0.1) is 22.9 Å². The van der Waals surface area contributed by atoms with Crippen LogP contribution in [0.25, 0.3) is 0 Å². The molecule has 4 heteroatoms. The lowest BCUT2D eigenvalue weighted by Gasteiger charge is -2.29. The second-order valence-electron chi connectivity index (χ2n) is 6.11. The number of ether oxygens (including phenoxy) is 1. The monoisotopic (exact) mass is 296 g/mol. The number of nitrogens with zero attached hydrogens (tertiary/aromatic N) is 1. The number of nitrogens with one attached hydrogen (secondary N) is 1. The van der Waals surface area contributed by atoms with Gasteiger partial charge in [-0.25, -0.2) is 4.98 Å². The summed E-state index contributed by atoms with van der Waals surface area (Å²) in [4.78, 5) is 4.64. The highest BCUT2D eigenvalue weighted by Gasteiger charge is 2.41. The number of thiazole rings is 1. The van der Waals surface area contributed by atoms with Crippen molar-refractivity contribution in [3.8, 4) is 0 Å². The maximum atomic E-state index is 6.03. The summed E-state index contributed by atoms with van der Waals surface area (Å²) in [5.74, 6) is 1.16. The van der Waals surface area contributed by atoms with Gasteiger partial charge in [0, 0.05) is 23.8 Å². The van der Waals surface area contributed by atoms with Gasteiger partial charge in [-0.05, 0) is 39.7 Å². The van der Waals surface area contributed by atoms with Crippen molar-refractivity contribution in [1.29, 1.82) is 0 Å². The third kappa shape index (κ3) is 3.60. The van der Waals surface area contributed by atoms with Crippen molar-refractivity contribution in [3.63, 3.8) is 0 Å². The van der Waals surface area contributed by atoms with E-state index in [1.165, 1.54) is 12.1 Å². The van der Waals surface area contributed by atoms with Crippen LogP contribution in [0.4, 0.5) is 0 Å². The molecule has 5 atom stereocenters. The zero-order valence-corrected chi connectivity index (χ0v) is 14.2. The van der Waals surface area contributed by atoms with E-state index in [0.717, 1.165) is 18.0 Å². The second kappa shape index (κ2) is 7.01. The molecule has 1 aromatic rings. The molecular formula is C16H28N2OS. The minimum Gasteiger partial charge on any atom is -0.375 e. The SMILES string of the molecule is CCCNC(Cc1csc(C)n1)C1C(C)OC(C)C1C. The van der Waals surface area contributed by atoms with Gasteiger partial charge in [0.2, 0.25) is 0 Å². The quantitative estimate of drug-likeness (QED) is 0.873. The molecule has 20 heavy (non-hydrogen) atoms. The molecule has 2 rings (SSSR count). The Hall–Kier alpha value is -0.450. The van der Waals surface area contributed by atoms with Crippen LogP contribution in [-0.4, -0.2) is 29.8 Å². The number of aryl methyl sites for hydroxylation is 1.